The molecule has 0 fully saturated rings. The van der Waals surface area contributed by atoms with Crippen LogP contribution < -0.4 is 10.5 Å². The van der Waals surface area contributed by atoms with E-state index in [1.165, 1.54) is 10.4 Å². The van der Waals surface area contributed by atoms with Gasteiger partial charge in [0.15, 0.2) is 0 Å². The fraction of sp³-hybridized carbons (Fsp3) is 0.286. The van der Waals surface area contributed by atoms with Crippen molar-refractivity contribution in [2.75, 3.05) is 0 Å². The van der Waals surface area contributed by atoms with Gasteiger partial charge in [-0.15, -0.1) is 11.3 Å². The number of halogens is 1. The van der Waals surface area contributed by atoms with Gasteiger partial charge in [-0.25, -0.2) is 0 Å². The highest BCUT2D eigenvalue weighted by molar-refractivity contribution is 9.10. The first-order valence-corrected chi connectivity index (χ1v) is 7.62. The van der Waals surface area contributed by atoms with Crippen molar-refractivity contribution in [3.63, 3.8) is 0 Å². The first-order chi connectivity index (χ1) is 8.72. The van der Waals surface area contributed by atoms with Crippen molar-refractivity contribution in [1.82, 2.24) is 0 Å². The molecule has 2 aromatic rings. The van der Waals surface area contributed by atoms with Crippen molar-refractivity contribution in [3.8, 4) is 5.75 Å². The Morgan fingerprint density at radius 1 is 1.44 bits per heavy atom. The first-order valence-electron chi connectivity index (χ1n) is 5.95. The standard InChI is InChI=1S/C14H14BrNOS/c15-10-6-11(18-8-10)7-12(16)14-5-9-3-1-2-4-13(9)17-14/h1-4,6,8,12,14H,5,7,16H2. The molecule has 1 aromatic heterocycles. The highest BCUT2D eigenvalue weighted by Crippen LogP contribution is 2.30. The first kappa shape index (κ1) is 12.2. The lowest BCUT2D eigenvalue weighted by molar-refractivity contribution is 0.198. The summed E-state index contributed by atoms with van der Waals surface area (Å²) in [7, 11) is 0. The second-order valence-corrected chi connectivity index (χ2v) is 6.48. The molecular weight excluding hydrogens is 310 g/mol. The third-order valence-electron chi connectivity index (χ3n) is 3.21. The predicted molar refractivity (Wildman–Crippen MR) is 78.3 cm³/mol. The van der Waals surface area contributed by atoms with Crippen molar-refractivity contribution in [3.05, 3.63) is 50.6 Å². The van der Waals surface area contributed by atoms with E-state index in [0.717, 1.165) is 23.1 Å². The highest BCUT2D eigenvalue weighted by Gasteiger charge is 2.28. The van der Waals surface area contributed by atoms with Crippen molar-refractivity contribution in [2.45, 2.75) is 25.0 Å². The molecule has 1 aliphatic heterocycles. The van der Waals surface area contributed by atoms with E-state index in [0.29, 0.717) is 0 Å². The van der Waals surface area contributed by atoms with Gasteiger partial charge in [0.1, 0.15) is 11.9 Å². The summed E-state index contributed by atoms with van der Waals surface area (Å²) >= 11 is 5.21. The molecule has 2 heterocycles. The average Bonchev–Trinajstić information content (AvgIpc) is 2.95. The van der Waals surface area contributed by atoms with Crippen LogP contribution in [0, 0.1) is 0 Å². The Morgan fingerprint density at radius 2 is 2.28 bits per heavy atom. The number of nitrogens with two attached hydrogens (primary N) is 1. The fourth-order valence-electron chi connectivity index (χ4n) is 2.27. The van der Waals surface area contributed by atoms with Crippen LogP contribution in [-0.4, -0.2) is 12.1 Å². The van der Waals surface area contributed by atoms with E-state index in [9.17, 15) is 0 Å². The lowest BCUT2D eigenvalue weighted by atomic mass is 10.0. The minimum atomic E-state index is 0.0444. The lowest BCUT2D eigenvalue weighted by Gasteiger charge is -2.18. The summed E-state index contributed by atoms with van der Waals surface area (Å²) < 4.78 is 7.05. The molecule has 2 atom stereocenters. The largest absolute Gasteiger partial charge is 0.488 e. The Bertz CT molecular complexity index is 529. The van der Waals surface area contributed by atoms with Crippen molar-refractivity contribution in [1.29, 1.82) is 0 Å². The third kappa shape index (κ3) is 2.46. The number of rotatable bonds is 3. The maximum atomic E-state index is 6.27. The zero-order valence-electron chi connectivity index (χ0n) is 9.80. The molecule has 4 heteroatoms. The third-order valence-corrected chi connectivity index (χ3v) is 4.93. The van der Waals surface area contributed by atoms with Crippen LogP contribution in [0.15, 0.2) is 40.2 Å². The van der Waals surface area contributed by atoms with E-state index in [1.807, 2.05) is 18.2 Å². The summed E-state index contributed by atoms with van der Waals surface area (Å²) in [6.07, 6.45) is 1.89. The van der Waals surface area contributed by atoms with Gasteiger partial charge in [-0.2, -0.15) is 0 Å². The van der Waals surface area contributed by atoms with E-state index in [2.05, 4.69) is 33.4 Å². The number of hydrogen-bond donors (Lipinski definition) is 1. The maximum absolute atomic E-state index is 6.27. The Labute approximate surface area is 119 Å². The van der Waals surface area contributed by atoms with Gasteiger partial charge in [0.2, 0.25) is 0 Å². The Hall–Kier alpha value is -0.840. The van der Waals surface area contributed by atoms with Crippen LogP contribution in [0.1, 0.15) is 10.4 Å². The van der Waals surface area contributed by atoms with Crippen molar-refractivity contribution >= 4 is 27.3 Å². The van der Waals surface area contributed by atoms with Crippen LogP contribution >= 0.6 is 27.3 Å². The highest BCUT2D eigenvalue weighted by atomic mass is 79.9. The molecule has 0 saturated carbocycles. The minimum Gasteiger partial charge on any atom is -0.488 e. The summed E-state index contributed by atoms with van der Waals surface area (Å²) in [6.45, 7) is 0. The Morgan fingerprint density at radius 3 is 3.00 bits per heavy atom. The molecule has 0 aliphatic carbocycles. The van der Waals surface area contributed by atoms with Gasteiger partial charge in [0.25, 0.3) is 0 Å². The maximum Gasteiger partial charge on any atom is 0.123 e. The molecule has 0 bridgehead atoms. The molecule has 2 N–H and O–H groups in total. The quantitative estimate of drug-likeness (QED) is 0.939. The van der Waals surface area contributed by atoms with Crippen LogP contribution in [0.4, 0.5) is 0 Å². The number of fused-ring (bicyclic) bond motifs is 1. The Balaban J connectivity index is 1.67. The number of thiophene rings is 1. The molecule has 2 nitrogen and oxygen atoms in total. The van der Waals surface area contributed by atoms with E-state index >= 15 is 0 Å². The molecule has 0 spiro atoms. The van der Waals surface area contributed by atoms with Crippen LogP contribution in [0.5, 0.6) is 5.75 Å². The number of hydrogen-bond acceptors (Lipinski definition) is 3. The number of para-hydroxylation sites is 1. The van der Waals surface area contributed by atoms with E-state index in [4.69, 9.17) is 10.5 Å². The predicted octanol–water partition coefficient (Wildman–Crippen LogP) is 3.38. The van der Waals surface area contributed by atoms with Crippen LogP contribution in [-0.2, 0) is 12.8 Å². The smallest absolute Gasteiger partial charge is 0.123 e. The topological polar surface area (TPSA) is 35.2 Å². The lowest BCUT2D eigenvalue weighted by Crippen LogP contribution is -2.39. The van der Waals surface area contributed by atoms with Gasteiger partial charge < -0.3 is 10.5 Å². The molecule has 0 amide bonds. The van der Waals surface area contributed by atoms with Gasteiger partial charge in [0, 0.05) is 33.6 Å². The van der Waals surface area contributed by atoms with E-state index in [-0.39, 0.29) is 12.1 Å². The van der Waals surface area contributed by atoms with Crippen molar-refractivity contribution in [2.24, 2.45) is 5.73 Å². The van der Waals surface area contributed by atoms with Crippen molar-refractivity contribution < 1.29 is 4.74 Å². The molecule has 2 unspecified atom stereocenters. The molecule has 0 radical (unpaired) electrons. The van der Waals surface area contributed by atoms with Crippen LogP contribution in [0.25, 0.3) is 0 Å². The molecule has 0 saturated heterocycles. The molecular formula is C14H14BrNOS. The average molecular weight is 324 g/mol. The summed E-state index contributed by atoms with van der Waals surface area (Å²) in [5.74, 6) is 0.991. The Kier molecular flexibility index (Phi) is 3.41. The fourth-order valence-corrected chi connectivity index (χ4v) is 3.80. The van der Waals surface area contributed by atoms with E-state index < -0.39 is 0 Å². The summed E-state index contributed by atoms with van der Waals surface area (Å²) in [6, 6.07) is 10.4. The summed E-state index contributed by atoms with van der Waals surface area (Å²) in [5.41, 5.74) is 7.53. The zero-order chi connectivity index (χ0) is 12.5. The second kappa shape index (κ2) is 5.03. The molecule has 1 aliphatic rings. The van der Waals surface area contributed by atoms with Crippen LogP contribution in [0.2, 0.25) is 0 Å². The van der Waals surface area contributed by atoms with Gasteiger partial charge in [-0.3, -0.25) is 0 Å². The summed E-state index contributed by atoms with van der Waals surface area (Å²) in [4.78, 5) is 1.30. The monoisotopic (exact) mass is 323 g/mol. The SMILES string of the molecule is NC(Cc1cc(Br)cs1)C1Cc2ccccc2O1. The van der Waals surface area contributed by atoms with Crippen LogP contribution in [0.3, 0.4) is 0 Å². The number of ether oxygens (including phenoxy) is 1. The van der Waals surface area contributed by atoms with Gasteiger partial charge in [-0.1, -0.05) is 18.2 Å². The van der Waals surface area contributed by atoms with Gasteiger partial charge in [-0.05, 0) is 33.6 Å². The van der Waals surface area contributed by atoms with Gasteiger partial charge >= 0.3 is 0 Å². The summed E-state index contributed by atoms with van der Waals surface area (Å²) in [5, 5.41) is 2.09. The zero-order valence-corrected chi connectivity index (χ0v) is 12.2. The molecule has 94 valence electrons. The molecule has 1 aromatic carbocycles. The molecule has 18 heavy (non-hydrogen) atoms. The van der Waals surface area contributed by atoms with E-state index in [1.54, 1.807) is 11.3 Å². The number of benzene rings is 1. The minimum absolute atomic E-state index is 0.0444. The second-order valence-electron chi connectivity index (χ2n) is 4.57. The van der Waals surface area contributed by atoms with Gasteiger partial charge in [0.05, 0.1) is 0 Å². The normalized spacial score (nSPS) is 19.3. The molecule has 3 rings (SSSR count).